The summed E-state index contributed by atoms with van der Waals surface area (Å²) in [6, 6.07) is 7.21. The minimum atomic E-state index is -4.18. The molecule has 1 aliphatic heterocycles. The van der Waals surface area contributed by atoms with E-state index in [1.54, 1.807) is 17.0 Å². The normalized spacial score (nSPS) is 17.3. The van der Waals surface area contributed by atoms with E-state index in [0.29, 0.717) is 18.7 Å². The van der Waals surface area contributed by atoms with Crippen LogP contribution in [0.15, 0.2) is 24.3 Å². The smallest absolute Gasteiger partial charge is 0.336 e. The van der Waals surface area contributed by atoms with Crippen molar-refractivity contribution in [1.29, 1.82) is 0 Å². The molecule has 0 aliphatic carbocycles. The summed E-state index contributed by atoms with van der Waals surface area (Å²) in [5.41, 5.74) is 1.65. The molecule has 1 saturated heterocycles. The van der Waals surface area contributed by atoms with Gasteiger partial charge in [-0.25, -0.2) is 0 Å². The first kappa shape index (κ1) is 14.8. The van der Waals surface area contributed by atoms with Gasteiger partial charge in [-0.05, 0) is 19.1 Å². The lowest BCUT2D eigenvalue weighted by Gasteiger charge is -2.35. The predicted octanol–water partition coefficient (Wildman–Crippen LogP) is 2.32. The van der Waals surface area contributed by atoms with Crippen molar-refractivity contribution >= 4 is 5.91 Å². The van der Waals surface area contributed by atoms with E-state index in [2.05, 4.69) is 0 Å². The van der Waals surface area contributed by atoms with Crippen molar-refractivity contribution in [2.24, 2.45) is 0 Å². The third kappa shape index (κ3) is 3.96. The Bertz CT molecular complexity index is 462. The van der Waals surface area contributed by atoms with Crippen LogP contribution in [0.1, 0.15) is 15.9 Å². The van der Waals surface area contributed by atoms with Gasteiger partial charge in [-0.3, -0.25) is 9.69 Å². The first-order valence-electron chi connectivity index (χ1n) is 6.50. The van der Waals surface area contributed by atoms with Crippen molar-refractivity contribution in [3.63, 3.8) is 0 Å². The van der Waals surface area contributed by atoms with Gasteiger partial charge in [0.15, 0.2) is 0 Å². The van der Waals surface area contributed by atoms with Crippen molar-refractivity contribution < 1.29 is 18.0 Å². The number of halogens is 3. The van der Waals surface area contributed by atoms with E-state index in [-0.39, 0.29) is 19.0 Å². The molecule has 6 heteroatoms. The number of carbonyl (C=O) groups excluding carboxylic acids is 1. The quantitative estimate of drug-likeness (QED) is 0.833. The second-order valence-corrected chi connectivity index (χ2v) is 5.05. The molecule has 0 atom stereocenters. The van der Waals surface area contributed by atoms with Gasteiger partial charge in [0.2, 0.25) is 0 Å². The minimum Gasteiger partial charge on any atom is -0.336 e. The summed E-state index contributed by atoms with van der Waals surface area (Å²) in [5.74, 6) is -0.114. The average molecular weight is 286 g/mol. The van der Waals surface area contributed by atoms with E-state index < -0.39 is 12.7 Å². The summed E-state index contributed by atoms with van der Waals surface area (Å²) in [6.07, 6.45) is -4.18. The maximum absolute atomic E-state index is 12.3. The van der Waals surface area contributed by atoms with E-state index >= 15 is 0 Å². The van der Waals surface area contributed by atoms with E-state index in [1.807, 2.05) is 19.1 Å². The van der Waals surface area contributed by atoms with Crippen molar-refractivity contribution in [1.82, 2.24) is 9.80 Å². The Morgan fingerprint density at radius 2 is 1.65 bits per heavy atom. The van der Waals surface area contributed by atoms with Gasteiger partial charge < -0.3 is 4.90 Å². The molecule has 1 heterocycles. The summed E-state index contributed by atoms with van der Waals surface area (Å²) in [4.78, 5) is 15.1. The van der Waals surface area contributed by atoms with Gasteiger partial charge in [-0.1, -0.05) is 17.7 Å². The molecule has 1 amide bonds. The van der Waals surface area contributed by atoms with Crippen LogP contribution in [0.25, 0.3) is 0 Å². The molecule has 2 rings (SSSR count). The first-order chi connectivity index (χ1) is 9.35. The van der Waals surface area contributed by atoms with Crippen LogP contribution in [0, 0.1) is 6.92 Å². The van der Waals surface area contributed by atoms with Crippen LogP contribution in [0.4, 0.5) is 13.2 Å². The van der Waals surface area contributed by atoms with Crippen LogP contribution in [-0.4, -0.2) is 54.6 Å². The number of piperazine rings is 1. The van der Waals surface area contributed by atoms with Crippen LogP contribution in [0.5, 0.6) is 0 Å². The zero-order valence-electron chi connectivity index (χ0n) is 11.3. The molecule has 0 N–H and O–H groups in total. The third-order valence-corrected chi connectivity index (χ3v) is 3.36. The largest absolute Gasteiger partial charge is 0.401 e. The highest BCUT2D eigenvalue weighted by Gasteiger charge is 2.32. The zero-order valence-corrected chi connectivity index (χ0v) is 11.3. The van der Waals surface area contributed by atoms with Gasteiger partial charge in [-0.2, -0.15) is 13.2 Å². The fourth-order valence-electron chi connectivity index (χ4n) is 2.24. The number of benzene rings is 1. The second kappa shape index (κ2) is 5.83. The average Bonchev–Trinajstić information content (AvgIpc) is 2.38. The molecule has 1 aromatic rings. The van der Waals surface area contributed by atoms with Gasteiger partial charge in [0.1, 0.15) is 0 Å². The number of hydrogen-bond donors (Lipinski definition) is 0. The van der Waals surface area contributed by atoms with Crippen molar-refractivity contribution in [3.8, 4) is 0 Å². The molecule has 0 bridgehead atoms. The van der Waals surface area contributed by atoms with Gasteiger partial charge in [0, 0.05) is 31.7 Å². The van der Waals surface area contributed by atoms with Crippen LogP contribution >= 0.6 is 0 Å². The highest BCUT2D eigenvalue weighted by molar-refractivity contribution is 5.94. The molecule has 0 saturated carbocycles. The summed E-state index contributed by atoms with van der Waals surface area (Å²) in [6.45, 7) is 2.23. The number of aryl methyl sites for hydroxylation is 1. The standard InChI is InChI=1S/C14H17F3N2O/c1-11-2-4-12(5-3-11)13(20)19-8-6-18(7-9-19)10-14(15,16)17/h2-5H,6-10H2,1H3. The molecular formula is C14H17F3N2O. The lowest BCUT2D eigenvalue weighted by atomic mass is 10.1. The second-order valence-electron chi connectivity index (χ2n) is 5.05. The van der Waals surface area contributed by atoms with E-state index in [1.165, 1.54) is 4.90 Å². The first-order valence-corrected chi connectivity index (χ1v) is 6.50. The molecule has 1 aliphatic rings. The number of amides is 1. The highest BCUT2D eigenvalue weighted by Crippen LogP contribution is 2.18. The molecule has 110 valence electrons. The summed E-state index contributed by atoms with van der Waals surface area (Å²) in [7, 11) is 0. The summed E-state index contributed by atoms with van der Waals surface area (Å²) < 4.78 is 36.8. The lowest BCUT2D eigenvalue weighted by Crippen LogP contribution is -2.50. The van der Waals surface area contributed by atoms with Crippen LogP contribution in [-0.2, 0) is 0 Å². The Kier molecular flexibility index (Phi) is 4.32. The molecule has 20 heavy (non-hydrogen) atoms. The van der Waals surface area contributed by atoms with Crippen molar-refractivity contribution in [2.75, 3.05) is 32.7 Å². The van der Waals surface area contributed by atoms with Crippen LogP contribution in [0.2, 0.25) is 0 Å². The Labute approximate surface area is 116 Å². The van der Waals surface area contributed by atoms with E-state index in [4.69, 9.17) is 0 Å². The van der Waals surface area contributed by atoms with Gasteiger partial charge in [0.25, 0.3) is 5.91 Å². The Morgan fingerprint density at radius 3 is 2.15 bits per heavy atom. The molecule has 0 unspecified atom stereocenters. The predicted molar refractivity (Wildman–Crippen MR) is 69.6 cm³/mol. The molecular weight excluding hydrogens is 269 g/mol. The number of hydrogen-bond acceptors (Lipinski definition) is 2. The SMILES string of the molecule is Cc1ccc(C(=O)N2CCN(CC(F)(F)F)CC2)cc1. The zero-order chi connectivity index (χ0) is 14.8. The third-order valence-electron chi connectivity index (χ3n) is 3.36. The van der Waals surface area contributed by atoms with Crippen molar-refractivity contribution in [3.05, 3.63) is 35.4 Å². The number of carbonyl (C=O) groups is 1. The molecule has 1 aromatic carbocycles. The van der Waals surface area contributed by atoms with Gasteiger partial charge >= 0.3 is 6.18 Å². The van der Waals surface area contributed by atoms with Gasteiger partial charge in [0.05, 0.1) is 6.54 Å². The maximum Gasteiger partial charge on any atom is 0.401 e. The topological polar surface area (TPSA) is 23.6 Å². The fourth-order valence-corrected chi connectivity index (χ4v) is 2.24. The highest BCUT2D eigenvalue weighted by atomic mass is 19.4. The number of nitrogens with zero attached hydrogens (tertiary/aromatic N) is 2. The van der Waals surface area contributed by atoms with E-state index in [0.717, 1.165) is 5.56 Å². The Hall–Kier alpha value is -1.56. The summed E-state index contributed by atoms with van der Waals surface area (Å²) in [5, 5.41) is 0. The van der Waals surface area contributed by atoms with Crippen LogP contribution < -0.4 is 0 Å². The Morgan fingerprint density at radius 1 is 1.10 bits per heavy atom. The monoisotopic (exact) mass is 286 g/mol. The van der Waals surface area contributed by atoms with Gasteiger partial charge in [-0.15, -0.1) is 0 Å². The molecule has 0 spiro atoms. The lowest BCUT2D eigenvalue weighted by molar-refractivity contribution is -0.148. The number of rotatable bonds is 2. The van der Waals surface area contributed by atoms with E-state index in [9.17, 15) is 18.0 Å². The molecule has 0 radical (unpaired) electrons. The number of alkyl halides is 3. The maximum atomic E-state index is 12.3. The van der Waals surface area contributed by atoms with Crippen molar-refractivity contribution in [2.45, 2.75) is 13.1 Å². The molecule has 1 fully saturated rings. The fraction of sp³-hybridized carbons (Fsp3) is 0.500. The Balaban J connectivity index is 1.90. The minimum absolute atomic E-state index is 0.114. The molecule has 0 aromatic heterocycles. The summed E-state index contributed by atoms with van der Waals surface area (Å²) >= 11 is 0. The molecule has 3 nitrogen and oxygen atoms in total. The van der Waals surface area contributed by atoms with Crippen LogP contribution in [0.3, 0.4) is 0 Å².